The molecule has 32 heavy (non-hydrogen) atoms. The van der Waals surface area contributed by atoms with Gasteiger partial charge in [0.25, 0.3) is 5.91 Å². The average molecular weight is 494 g/mol. The lowest BCUT2D eigenvalue weighted by Gasteiger charge is -2.25. The number of benzene rings is 1. The summed E-state index contributed by atoms with van der Waals surface area (Å²) in [6.45, 7) is 8.77. The molecule has 3 aromatic rings. The summed E-state index contributed by atoms with van der Waals surface area (Å²) in [6, 6.07) is 10.3. The van der Waals surface area contributed by atoms with Gasteiger partial charge in [0.1, 0.15) is 0 Å². The largest absolute Gasteiger partial charge is 0.332 e. The SMILES string of the molecule is CC(C)CN(Cc1cnc(S(=O)(=O)Cc2cccc(Cl)c2)n1C(C)C)C(=O)c1cccs1. The zero-order valence-corrected chi connectivity index (χ0v) is 21.0. The summed E-state index contributed by atoms with van der Waals surface area (Å²) in [6.07, 6.45) is 1.57. The lowest BCUT2D eigenvalue weighted by atomic mass is 10.2. The van der Waals surface area contributed by atoms with Crippen molar-refractivity contribution in [3.63, 3.8) is 0 Å². The van der Waals surface area contributed by atoms with Crippen molar-refractivity contribution < 1.29 is 13.2 Å². The highest BCUT2D eigenvalue weighted by atomic mass is 35.5. The molecule has 2 heterocycles. The Labute approximate surface area is 198 Å². The summed E-state index contributed by atoms with van der Waals surface area (Å²) < 4.78 is 28.2. The number of imidazole rings is 1. The molecule has 0 N–H and O–H groups in total. The van der Waals surface area contributed by atoms with Gasteiger partial charge in [-0.3, -0.25) is 4.79 Å². The molecule has 2 aromatic heterocycles. The van der Waals surface area contributed by atoms with Crippen LogP contribution in [0.4, 0.5) is 0 Å². The van der Waals surface area contributed by atoms with Crippen molar-refractivity contribution in [3.05, 3.63) is 69.1 Å². The number of nitrogens with zero attached hydrogens (tertiary/aromatic N) is 3. The van der Waals surface area contributed by atoms with Crippen molar-refractivity contribution in [3.8, 4) is 0 Å². The molecule has 0 radical (unpaired) electrons. The number of amides is 1. The predicted molar refractivity (Wildman–Crippen MR) is 129 cm³/mol. The van der Waals surface area contributed by atoms with Crippen molar-refractivity contribution in [2.45, 2.75) is 51.2 Å². The first kappa shape index (κ1) is 24.5. The highest BCUT2D eigenvalue weighted by molar-refractivity contribution is 7.90. The smallest absolute Gasteiger partial charge is 0.264 e. The molecule has 0 aliphatic rings. The molecule has 1 amide bonds. The Hall–Kier alpha value is -2.16. The van der Waals surface area contributed by atoms with Gasteiger partial charge in [0.15, 0.2) is 0 Å². The van der Waals surface area contributed by atoms with Crippen LogP contribution in [0.5, 0.6) is 0 Å². The minimum Gasteiger partial charge on any atom is -0.332 e. The molecule has 0 unspecified atom stereocenters. The van der Waals surface area contributed by atoms with Crippen molar-refractivity contribution in [1.29, 1.82) is 0 Å². The molecule has 0 spiro atoms. The second-order valence-electron chi connectivity index (χ2n) is 8.44. The fraction of sp³-hybridized carbons (Fsp3) is 0.391. The normalized spacial score (nSPS) is 12.0. The number of aromatic nitrogens is 2. The Kier molecular flexibility index (Phi) is 7.79. The van der Waals surface area contributed by atoms with Crippen LogP contribution in [0.2, 0.25) is 5.02 Å². The number of sulfone groups is 1. The van der Waals surface area contributed by atoms with Crippen LogP contribution in [0.3, 0.4) is 0 Å². The number of hydrogen-bond donors (Lipinski definition) is 0. The molecule has 3 rings (SSSR count). The van der Waals surface area contributed by atoms with Crippen LogP contribution in [-0.4, -0.2) is 35.3 Å². The Balaban J connectivity index is 1.94. The average Bonchev–Trinajstić information content (AvgIpc) is 3.36. The number of halogens is 1. The third kappa shape index (κ3) is 5.79. The van der Waals surface area contributed by atoms with E-state index in [4.69, 9.17) is 11.6 Å². The number of thiophene rings is 1. The van der Waals surface area contributed by atoms with Crippen LogP contribution in [0.25, 0.3) is 0 Å². The van der Waals surface area contributed by atoms with Crippen LogP contribution in [0.1, 0.15) is 54.7 Å². The van der Waals surface area contributed by atoms with Gasteiger partial charge in [0, 0.05) is 17.6 Å². The molecule has 6 nitrogen and oxygen atoms in total. The Morgan fingerprint density at radius 2 is 1.94 bits per heavy atom. The van der Waals surface area contributed by atoms with Gasteiger partial charge in [0.2, 0.25) is 15.0 Å². The van der Waals surface area contributed by atoms with E-state index < -0.39 is 9.84 Å². The maximum Gasteiger partial charge on any atom is 0.264 e. The minimum absolute atomic E-state index is 0.00976. The Morgan fingerprint density at radius 1 is 1.19 bits per heavy atom. The van der Waals surface area contributed by atoms with E-state index in [1.54, 1.807) is 46.0 Å². The van der Waals surface area contributed by atoms with Crippen LogP contribution in [0.15, 0.2) is 53.1 Å². The van der Waals surface area contributed by atoms with E-state index in [9.17, 15) is 13.2 Å². The Morgan fingerprint density at radius 3 is 2.53 bits per heavy atom. The van der Waals surface area contributed by atoms with Crippen LogP contribution in [0, 0.1) is 5.92 Å². The number of rotatable bonds is 9. The van der Waals surface area contributed by atoms with E-state index in [1.165, 1.54) is 11.3 Å². The van der Waals surface area contributed by atoms with E-state index >= 15 is 0 Å². The molecular formula is C23H28ClN3O3S2. The zero-order chi connectivity index (χ0) is 23.5. The summed E-state index contributed by atoms with van der Waals surface area (Å²) >= 11 is 7.42. The number of hydrogen-bond acceptors (Lipinski definition) is 5. The third-order valence-corrected chi connectivity index (χ3v) is 7.50. The molecule has 0 atom stereocenters. The summed E-state index contributed by atoms with van der Waals surface area (Å²) in [5.74, 6) is 0.00881. The van der Waals surface area contributed by atoms with E-state index in [1.807, 2.05) is 25.3 Å². The molecule has 0 aliphatic carbocycles. The molecule has 9 heteroatoms. The standard InChI is InChI=1S/C23H28ClN3O3S2/c1-16(2)13-26(22(28)21-9-6-10-31-21)14-20-12-25-23(27(20)17(3)4)32(29,30)15-18-7-5-8-19(24)11-18/h5-12,16-17H,13-15H2,1-4H3. The van der Waals surface area contributed by atoms with Gasteiger partial charge < -0.3 is 9.47 Å². The summed E-state index contributed by atoms with van der Waals surface area (Å²) in [5, 5.41) is 2.37. The van der Waals surface area contributed by atoms with Gasteiger partial charge in [-0.25, -0.2) is 13.4 Å². The van der Waals surface area contributed by atoms with Gasteiger partial charge in [-0.2, -0.15) is 0 Å². The van der Waals surface area contributed by atoms with Gasteiger partial charge in [-0.05, 0) is 48.9 Å². The lowest BCUT2D eigenvalue weighted by Crippen LogP contribution is -2.34. The highest BCUT2D eigenvalue weighted by Gasteiger charge is 2.27. The molecule has 172 valence electrons. The van der Waals surface area contributed by atoms with Crippen LogP contribution < -0.4 is 0 Å². The molecular weight excluding hydrogens is 466 g/mol. The molecule has 1 aromatic carbocycles. The van der Waals surface area contributed by atoms with Crippen LogP contribution >= 0.6 is 22.9 Å². The van der Waals surface area contributed by atoms with Crippen molar-refractivity contribution >= 4 is 38.7 Å². The van der Waals surface area contributed by atoms with Gasteiger partial charge in [0.05, 0.1) is 29.1 Å². The molecule has 0 saturated carbocycles. The van der Waals surface area contributed by atoms with E-state index in [0.29, 0.717) is 27.7 Å². The first-order valence-corrected chi connectivity index (χ1v) is 13.4. The third-order valence-electron chi connectivity index (χ3n) is 4.84. The van der Waals surface area contributed by atoms with Crippen molar-refractivity contribution in [1.82, 2.24) is 14.5 Å². The maximum absolute atomic E-state index is 13.2. The minimum atomic E-state index is -3.72. The molecule has 0 fully saturated rings. The number of carbonyl (C=O) groups is 1. The highest BCUT2D eigenvalue weighted by Crippen LogP contribution is 2.25. The second kappa shape index (κ2) is 10.2. The fourth-order valence-corrected chi connectivity index (χ4v) is 6.09. The monoisotopic (exact) mass is 493 g/mol. The zero-order valence-electron chi connectivity index (χ0n) is 18.7. The second-order valence-corrected chi connectivity index (χ2v) is 11.7. The topological polar surface area (TPSA) is 72.3 Å². The molecule has 0 saturated heterocycles. The van der Waals surface area contributed by atoms with E-state index in [2.05, 4.69) is 18.8 Å². The fourth-order valence-electron chi connectivity index (χ4n) is 3.60. The summed E-state index contributed by atoms with van der Waals surface area (Å²) in [5.41, 5.74) is 1.29. The van der Waals surface area contributed by atoms with Gasteiger partial charge in [-0.15, -0.1) is 11.3 Å². The maximum atomic E-state index is 13.2. The molecule has 0 bridgehead atoms. The summed E-state index contributed by atoms with van der Waals surface area (Å²) in [7, 11) is -3.72. The first-order valence-electron chi connectivity index (χ1n) is 10.4. The Bertz CT molecular complexity index is 1170. The quantitative estimate of drug-likeness (QED) is 0.397. The van der Waals surface area contributed by atoms with E-state index in [0.717, 1.165) is 0 Å². The van der Waals surface area contributed by atoms with Gasteiger partial charge in [-0.1, -0.05) is 43.6 Å². The van der Waals surface area contributed by atoms with Crippen LogP contribution in [-0.2, 0) is 22.1 Å². The van der Waals surface area contributed by atoms with Crippen molar-refractivity contribution in [2.24, 2.45) is 5.92 Å². The van der Waals surface area contributed by atoms with E-state index in [-0.39, 0.29) is 35.3 Å². The van der Waals surface area contributed by atoms with Crippen molar-refractivity contribution in [2.75, 3.05) is 6.54 Å². The molecule has 0 aliphatic heterocycles. The summed E-state index contributed by atoms with van der Waals surface area (Å²) in [4.78, 5) is 19.8. The first-order chi connectivity index (χ1) is 15.1. The lowest BCUT2D eigenvalue weighted by molar-refractivity contribution is 0.0722. The number of carbonyl (C=O) groups excluding carboxylic acids is 1. The van der Waals surface area contributed by atoms with Gasteiger partial charge >= 0.3 is 0 Å². The predicted octanol–water partition coefficient (Wildman–Crippen LogP) is 5.45.